The quantitative estimate of drug-likeness (QED) is 0.558. The van der Waals surface area contributed by atoms with Crippen LogP contribution in [0.1, 0.15) is 19.5 Å². The minimum Gasteiger partial charge on any atom is -0.364 e. The van der Waals surface area contributed by atoms with Crippen molar-refractivity contribution < 1.29 is 0 Å². The van der Waals surface area contributed by atoms with Crippen molar-refractivity contribution in [3.63, 3.8) is 0 Å². The van der Waals surface area contributed by atoms with Gasteiger partial charge in [0.25, 0.3) is 0 Å². The molecule has 2 heteroatoms. The number of hydrogen-bond donors (Lipinski definition) is 2. The second-order valence-electron chi connectivity index (χ2n) is 2.64. The van der Waals surface area contributed by atoms with E-state index in [-0.39, 0.29) is 4.75 Å². The monoisotopic (exact) mass is 141 g/mol. The van der Waals surface area contributed by atoms with Crippen molar-refractivity contribution in [1.82, 2.24) is 4.98 Å². The molecule has 0 fully saturated rings. The molecule has 50 valence electrons. The van der Waals surface area contributed by atoms with Gasteiger partial charge in [-0.25, -0.2) is 0 Å². The fourth-order valence-corrected chi connectivity index (χ4v) is 0.850. The summed E-state index contributed by atoms with van der Waals surface area (Å²) in [7, 11) is 0. The second kappa shape index (κ2) is 2.10. The van der Waals surface area contributed by atoms with Crippen LogP contribution in [0.5, 0.6) is 0 Å². The number of hydrogen-bond acceptors (Lipinski definition) is 1. The van der Waals surface area contributed by atoms with Crippen LogP contribution in [0.3, 0.4) is 0 Å². The van der Waals surface area contributed by atoms with E-state index < -0.39 is 0 Å². The van der Waals surface area contributed by atoms with E-state index >= 15 is 0 Å². The van der Waals surface area contributed by atoms with Gasteiger partial charge in [-0.3, -0.25) is 0 Å². The first-order chi connectivity index (χ1) is 4.11. The minimum absolute atomic E-state index is 0.0382. The fraction of sp³-hybridized carbons (Fsp3) is 0.429. The molecule has 0 bridgehead atoms. The molecule has 1 rings (SSSR count). The van der Waals surface area contributed by atoms with Crippen LogP contribution in [-0.4, -0.2) is 4.98 Å². The molecule has 0 spiro atoms. The van der Waals surface area contributed by atoms with Gasteiger partial charge in [-0.05, 0) is 26.0 Å². The molecule has 1 N–H and O–H groups in total. The first-order valence-electron chi connectivity index (χ1n) is 2.97. The average molecular weight is 141 g/mol. The molecule has 1 aromatic heterocycles. The van der Waals surface area contributed by atoms with Crippen LogP contribution in [-0.2, 0) is 4.75 Å². The van der Waals surface area contributed by atoms with Crippen molar-refractivity contribution in [2.45, 2.75) is 18.6 Å². The predicted molar refractivity (Wildman–Crippen MR) is 42.8 cm³/mol. The van der Waals surface area contributed by atoms with Crippen molar-refractivity contribution in [3.8, 4) is 0 Å². The predicted octanol–water partition coefficient (Wildman–Crippen LogP) is 2.18. The summed E-state index contributed by atoms with van der Waals surface area (Å²) in [6.07, 6.45) is 1.91. The SMILES string of the molecule is CC(C)(S)c1ccc[nH]1. The summed E-state index contributed by atoms with van der Waals surface area (Å²) in [4.78, 5) is 3.10. The zero-order chi connectivity index (χ0) is 6.91. The summed E-state index contributed by atoms with van der Waals surface area (Å²) >= 11 is 4.38. The first-order valence-corrected chi connectivity index (χ1v) is 3.41. The van der Waals surface area contributed by atoms with Crippen LogP contribution < -0.4 is 0 Å². The highest BCUT2D eigenvalue weighted by Crippen LogP contribution is 2.24. The highest BCUT2D eigenvalue weighted by atomic mass is 32.1. The fourth-order valence-electron chi connectivity index (χ4n) is 0.711. The van der Waals surface area contributed by atoms with E-state index in [2.05, 4.69) is 31.5 Å². The summed E-state index contributed by atoms with van der Waals surface area (Å²) in [6, 6.07) is 4.01. The molecule has 0 amide bonds. The molecule has 9 heavy (non-hydrogen) atoms. The van der Waals surface area contributed by atoms with Crippen molar-refractivity contribution in [2.75, 3.05) is 0 Å². The lowest BCUT2D eigenvalue weighted by Gasteiger charge is -2.14. The highest BCUT2D eigenvalue weighted by Gasteiger charge is 2.14. The van der Waals surface area contributed by atoms with E-state index in [1.165, 1.54) is 0 Å². The second-order valence-corrected chi connectivity index (χ2v) is 3.76. The first kappa shape index (κ1) is 6.75. The Morgan fingerprint density at radius 3 is 2.44 bits per heavy atom. The molecule has 0 aliphatic carbocycles. The Labute approximate surface area is 60.9 Å². The molecule has 0 aliphatic rings. The van der Waals surface area contributed by atoms with Crippen LogP contribution >= 0.6 is 12.6 Å². The molecule has 0 saturated carbocycles. The lowest BCUT2D eigenvalue weighted by molar-refractivity contribution is 0.762. The third-order valence-corrected chi connectivity index (χ3v) is 1.50. The molecular weight excluding hydrogens is 130 g/mol. The molecule has 0 radical (unpaired) electrons. The van der Waals surface area contributed by atoms with Crippen LogP contribution in [0.4, 0.5) is 0 Å². The molecule has 0 atom stereocenters. The molecule has 1 heterocycles. The minimum atomic E-state index is -0.0382. The Bertz CT molecular complexity index is 171. The molecular formula is C7H11NS. The zero-order valence-corrected chi connectivity index (χ0v) is 6.57. The number of aromatic amines is 1. The summed E-state index contributed by atoms with van der Waals surface area (Å²) in [6.45, 7) is 4.11. The van der Waals surface area contributed by atoms with E-state index in [9.17, 15) is 0 Å². The topological polar surface area (TPSA) is 15.8 Å². The Morgan fingerprint density at radius 1 is 1.56 bits per heavy atom. The van der Waals surface area contributed by atoms with Crippen molar-refractivity contribution >= 4 is 12.6 Å². The number of H-pyrrole nitrogens is 1. The maximum Gasteiger partial charge on any atom is 0.0472 e. The van der Waals surface area contributed by atoms with Gasteiger partial charge in [0.15, 0.2) is 0 Å². The van der Waals surface area contributed by atoms with E-state index in [4.69, 9.17) is 0 Å². The van der Waals surface area contributed by atoms with Gasteiger partial charge in [-0.1, -0.05) is 0 Å². The van der Waals surface area contributed by atoms with Crippen molar-refractivity contribution in [3.05, 3.63) is 24.0 Å². The van der Waals surface area contributed by atoms with Gasteiger partial charge in [-0.2, -0.15) is 12.6 Å². The normalized spacial score (nSPS) is 11.9. The van der Waals surface area contributed by atoms with Gasteiger partial charge in [0, 0.05) is 16.6 Å². The van der Waals surface area contributed by atoms with Gasteiger partial charge >= 0.3 is 0 Å². The number of aromatic nitrogens is 1. The smallest absolute Gasteiger partial charge is 0.0472 e. The number of thiol groups is 1. The summed E-state index contributed by atoms with van der Waals surface area (Å²) in [5.41, 5.74) is 1.16. The Morgan fingerprint density at radius 2 is 2.22 bits per heavy atom. The van der Waals surface area contributed by atoms with Crippen LogP contribution in [0.15, 0.2) is 18.3 Å². The maximum absolute atomic E-state index is 4.38. The standard InChI is InChI=1S/C7H11NS/c1-7(2,9)6-4-3-5-8-6/h3-5,8-9H,1-2H3. The molecule has 0 unspecified atom stereocenters. The van der Waals surface area contributed by atoms with E-state index in [1.807, 2.05) is 18.3 Å². The number of nitrogens with one attached hydrogen (secondary N) is 1. The van der Waals surface area contributed by atoms with E-state index in [1.54, 1.807) is 0 Å². The van der Waals surface area contributed by atoms with Crippen LogP contribution in [0, 0.1) is 0 Å². The molecule has 1 aromatic rings. The number of rotatable bonds is 1. The molecule has 0 saturated heterocycles. The molecule has 0 aromatic carbocycles. The molecule has 1 nitrogen and oxygen atoms in total. The Hall–Kier alpha value is -0.370. The third-order valence-electron chi connectivity index (χ3n) is 1.26. The van der Waals surface area contributed by atoms with Crippen LogP contribution in [0.25, 0.3) is 0 Å². The van der Waals surface area contributed by atoms with Gasteiger partial charge in [0.05, 0.1) is 0 Å². The van der Waals surface area contributed by atoms with Gasteiger partial charge < -0.3 is 4.98 Å². The molecule has 0 aliphatic heterocycles. The largest absolute Gasteiger partial charge is 0.364 e. The third kappa shape index (κ3) is 1.52. The van der Waals surface area contributed by atoms with Gasteiger partial charge in [0.2, 0.25) is 0 Å². The lowest BCUT2D eigenvalue weighted by Crippen LogP contribution is -2.07. The summed E-state index contributed by atoms with van der Waals surface area (Å²) < 4.78 is -0.0382. The van der Waals surface area contributed by atoms with Gasteiger partial charge in [-0.15, -0.1) is 0 Å². The van der Waals surface area contributed by atoms with Crippen molar-refractivity contribution in [2.24, 2.45) is 0 Å². The Balaban J connectivity index is 2.90. The highest BCUT2D eigenvalue weighted by molar-refractivity contribution is 7.81. The van der Waals surface area contributed by atoms with E-state index in [0.717, 1.165) is 5.69 Å². The zero-order valence-electron chi connectivity index (χ0n) is 5.68. The van der Waals surface area contributed by atoms with Crippen molar-refractivity contribution in [1.29, 1.82) is 0 Å². The van der Waals surface area contributed by atoms with Gasteiger partial charge in [0.1, 0.15) is 0 Å². The van der Waals surface area contributed by atoms with Crippen LogP contribution in [0.2, 0.25) is 0 Å². The summed E-state index contributed by atoms with van der Waals surface area (Å²) in [5.74, 6) is 0. The lowest BCUT2D eigenvalue weighted by atomic mass is 10.1. The average Bonchev–Trinajstić information content (AvgIpc) is 2.08. The maximum atomic E-state index is 4.38. The van der Waals surface area contributed by atoms with E-state index in [0.29, 0.717) is 0 Å². The Kier molecular flexibility index (Phi) is 1.58. The summed E-state index contributed by atoms with van der Waals surface area (Å²) in [5, 5.41) is 0.